The topological polar surface area (TPSA) is 37.4 Å². The van der Waals surface area contributed by atoms with Gasteiger partial charge in [0.2, 0.25) is 0 Å². The van der Waals surface area contributed by atoms with E-state index in [1.807, 2.05) is 17.1 Å². The first-order valence-electron chi connectivity index (χ1n) is 11.1. The van der Waals surface area contributed by atoms with E-state index in [2.05, 4.69) is 83.1 Å². The fourth-order valence-corrected chi connectivity index (χ4v) is 4.01. The summed E-state index contributed by atoms with van der Waals surface area (Å²) in [7, 11) is 2.25. The van der Waals surface area contributed by atoms with E-state index >= 15 is 0 Å². The number of quaternary nitrogens is 1. The molecule has 4 rings (SSSR count). The molecular formula is C26H36I2N2O2. The highest BCUT2D eigenvalue weighted by molar-refractivity contribution is 14.1. The molecule has 2 fully saturated rings. The van der Waals surface area contributed by atoms with Gasteiger partial charge in [0.05, 0.1) is 33.0 Å². The molecule has 2 aliphatic rings. The molecule has 2 aliphatic heterocycles. The highest BCUT2D eigenvalue weighted by atomic mass is 127. The van der Waals surface area contributed by atoms with E-state index in [0.717, 1.165) is 69.4 Å². The first-order chi connectivity index (χ1) is 15.0. The molecule has 0 radical (unpaired) electrons. The molecule has 0 saturated carbocycles. The zero-order valence-corrected chi connectivity index (χ0v) is 23.6. The minimum Gasteiger partial charge on any atom is -1.00 e. The Morgan fingerprint density at radius 3 is 1.69 bits per heavy atom. The average molecular weight is 662 g/mol. The number of nitrogens with zero attached hydrogens (tertiary/aromatic N) is 2. The molecule has 0 atom stereocenters. The summed E-state index contributed by atoms with van der Waals surface area (Å²) in [6.45, 7) is 5.87. The Labute approximate surface area is 224 Å². The lowest BCUT2D eigenvalue weighted by molar-refractivity contribution is -0.923. The second-order valence-electron chi connectivity index (χ2n) is 8.55. The van der Waals surface area contributed by atoms with Crippen molar-refractivity contribution < 1.29 is 38.0 Å². The second kappa shape index (κ2) is 15.9. The molecule has 4 nitrogen and oxygen atoms in total. The standard InChI is InChI=1S/C13H18NO.C12H15NO.CH3I.HI/c1-14(9-7-13(15)8-10-14)11-12-5-3-2-4-6-12;14-12-6-8-13(9-7-12)10-11-4-2-1-3-5-11;1-2;/h2-6H,7-11H2,1H3;1-5H,6-10H2;1H3;1H/q+1;;;/p-1. The summed E-state index contributed by atoms with van der Waals surface area (Å²) < 4.78 is 1.01. The normalized spacial score (nSPS) is 17.7. The van der Waals surface area contributed by atoms with Gasteiger partial charge in [-0.3, -0.25) is 14.5 Å². The number of halogens is 2. The Balaban J connectivity index is 0.000000289. The van der Waals surface area contributed by atoms with Crippen molar-refractivity contribution in [3.63, 3.8) is 0 Å². The number of benzene rings is 2. The van der Waals surface area contributed by atoms with Gasteiger partial charge >= 0.3 is 0 Å². The summed E-state index contributed by atoms with van der Waals surface area (Å²) in [5.74, 6) is 0.841. The Kier molecular flexibility index (Phi) is 14.5. The Morgan fingerprint density at radius 2 is 1.19 bits per heavy atom. The van der Waals surface area contributed by atoms with E-state index in [9.17, 15) is 9.59 Å². The zero-order chi connectivity index (χ0) is 22.5. The maximum Gasteiger partial charge on any atom is 0.144 e. The molecule has 0 bridgehead atoms. The minimum absolute atomic E-state index is 0. The van der Waals surface area contributed by atoms with Gasteiger partial charge in [0, 0.05) is 38.0 Å². The van der Waals surface area contributed by atoms with Crippen LogP contribution in [0, 0.1) is 0 Å². The predicted molar refractivity (Wildman–Crippen MR) is 136 cm³/mol. The number of likely N-dealkylation sites (tertiary alicyclic amines) is 2. The third-order valence-electron chi connectivity index (χ3n) is 5.93. The fraction of sp³-hybridized carbons (Fsp3) is 0.462. The van der Waals surface area contributed by atoms with Crippen molar-refractivity contribution in [3.8, 4) is 0 Å². The molecule has 0 amide bonds. The highest BCUT2D eigenvalue weighted by Gasteiger charge is 2.28. The molecule has 6 heteroatoms. The first kappa shape index (κ1) is 29.2. The van der Waals surface area contributed by atoms with Gasteiger partial charge in [0.25, 0.3) is 0 Å². The number of rotatable bonds is 4. The van der Waals surface area contributed by atoms with Crippen LogP contribution in [0.4, 0.5) is 0 Å². The van der Waals surface area contributed by atoms with Crippen LogP contribution in [-0.2, 0) is 22.7 Å². The van der Waals surface area contributed by atoms with E-state index in [1.165, 1.54) is 11.1 Å². The largest absolute Gasteiger partial charge is 1.00 e. The van der Waals surface area contributed by atoms with Crippen LogP contribution in [0.5, 0.6) is 0 Å². The van der Waals surface area contributed by atoms with Crippen molar-refractivity contribution in [2.75, 3.05) is 38.2 Å². The summed E-state index contributed by atoms with van der Waals surface area (Å²) in [6, 6.07) is 21.0. The van der Waals surface area contributed by atoms with E-state index in [4.69, 9.17) is 0 Å². The summed E-state index contributed by atoms with van der Waals surface area (Å²) in [5, 5.41) is 0. The van der Waals surface area contributed by atoms with Crippen molar-refractivity contribution in [1.82, 2.24) is 4.90 Å². The summed E-state index contributed by atoms with van der Waals surface area (Å²) in [4.78, 5) is 26.5. The lowest BCUT2D eigenvalue weighted by Gasteiger charge is -2.37. The number of carbonyl (C=O) groups is 2. The number of carbonyl (C=O) groups excluding carboxylic acids is 2. The molecule has 0 aromatic heterocycles. The average Bonchev–Trinajstić information content (AvgIpc) is 2.81. The maximum absolute atomic E-state index is 11.2. The zero-order valence-electron chi connectivity index (χ0n) is 19.3. The molecule has 2 aromatic carbocycles. The highest BCUT2D eigenvalue weighted by Crippen LogP contribution is 2.18. The number of hydrogen-bond donors (Lipinski definition) is 0. The third-order valence-corrected chi connectivity index (χ3v) is 5.93. The van der Waals surface area contributed by atoms with Gasteiger partial charge in [-0.15, -0.1) is 0 Å². The van der Waals surface area contributed by atoms with Crippen LogP contribution in [0.3, 0.4) is 0 Å². The van der Waals surface area contributed by atoms with Crippen molar-refractivity contribution >= 4 is 34.2 Å². The minimum atomic E-state index is 0. The lowest BCUT2D eigenvalue weighted by Crippen LogP contribution is -3.00. The van der Waals surface area contributed by atoms with Gasteiger partial charge in [0.1, 0.15) is 18.1 Å². The summed E-state index contributed by atoms with van der Waals surface area (Å²) >= 11 is 2.15. The summed E-state index contributed by atoms with van der Waals surface area (Å²) in [5.41, 5.74) is 2.70. The second-order valence-corrected chi connectivity index (χ2v) is 8.55. The number of hydrogen-bond acceptors (Lipinski definition) is 3. The van der Waals surface area contributed by atoms with E-state index in [0.29, 0.717) is 11.6 Å². The van der Waals surface area contributed by atoms with Crippen molar-refractivity contribution in [3.05, 3.63) is 71.8 Å². The van der Waals surface area contributed by atoms with E-state index < -0.39 is 0 Å². The molecule has 2 saturated heterocycles. The van der Waals surface area contributed by atoms with Gasteiger partial charge in [-0.05, 0) is 10.5 Å². The fourth-order valence-electron chi connectivity index (χ4n) is 4.01. The van der Waals surface area contributed by atoms with Gasteiger partial charge in [-0.2, -0.15) is 0 Å². The Bertz CT molecular complexity index is 780. The van der Waals surface area contributed by atoms with Crippen LogP contribution in [0.1, 0.15) is 36.8 Å². The third kappa shape index (κ3) is 10.9. The number of alkyl halides is 1. The van der Waals surface area contributed by atoms with Crippen LogP contribution >= 0.6 is 22.6 Å². The smallest absolute Gasteiger partial charge is 0.144 e. The molecule has 0 N–H and O–H groups in total. The van der Waals surface area contributed by atoms with Gasteiger partial charge < -0.3 is 28.5 Å². The number of piperidine rings is 2. The first-order valence-corrected chi connectivity index (χ1v) is 13.2. The van der Waals surface area contributed by atoms with E-state index in [1.54, 1.807) is 0 Å². The quantitative estimate of drug-likeness (QED) is 0.286. The monoisotopic (exact) mass is 662 g/mol. The van der Waals surface area contributed by atoms with Crippen LogP contribution < -0.4 is 24.0 Å². The lowest BCUT2D eigenvalue weighted by atomic mass is 10.1. The van der Waals surface area contributed by atoms with Crippen LogP contribution in [0.15, 0.2) is 60.7 Å². The summed E-state index contributed by atoms with van der Waals surface area (Å²) in [6.07, 6.45) is 2.96. The Morgan fingerprint density at radius 1 is 0.750 bits per heavy atom. The molecule has 2 heterocycles. The number of ketones is 2. The predicted octanol–water partition coefficient (Wildman–Crippen LogP) is 1.90. The molecule has 0 unspecified atom stereocenters. The molecule has 0 spiro atoms. The Hall–Kier alpha value is -0.840. The molecule has 0 aliphatic carbocycles. The van der Waals surface area contributed by atoms with Gasteiger partial charge in [0.15, 0.2) is 0 Å². The molecule has 2 aromatic rings. The van der Waals surface area contributed by atoms with Gasteiger partial charge in [-0.25, -0.2) is 0 Å². The van der Waals surface area contributed by atoms with Gasteiger partial charge in [-0.1, -0.05) is 83.3 Å². The van der Waals surface area contributed by atoms with Crippen LogP contribution in [-0.4, -0.2) is 59.1 Å². The van der Waals surface area contributed by atoms with E-state index in [-0.39, 0.29) is 24.0 Å². The van der Waals surface area contributed by atoms with Crippen molar-refractivity contribution in [1.29, 1.82) is 0 Å². The molecular weight excluding hydrogens is 626 g/mol. The SMILES string of the molecule is CI.C[N+]1(Cc2ccccc2)CCC(=O)CC1.O=C1CCN(Cc2ccccc2)CC1.[I-]. The maximum atomic E-state index is 11.2. The molecule has 32 heavy (non-hydrogen) atoms. The van der Waals surface area contributed by atoms with Crippen LogP contribution in [0.25, 0.3) is 0 Å². The molecule has 176 valence electrons. The van der Waals surface area contributed by atoms with Crippen molar-refractivity contribution in [2.45, 2.75) is 38.8 Å². The van der Waals surface area contributed by atoms with Crippen LogP contribution in [0.2, 0.25) is 0 Å². The number of Topliss-reactive ketones (excluding diaryl/α,β-unsaturated/α-hetero) is 2. The van der Waals surface area contributed by atoms with Crippen molar-refractivity contribution in [2.24, 2.45) is 0 Å².